The first-order chi connectivity index (χ1) is 14.1. The fraction of sp³-hybridized carbons (Fsp3) is 0.435. The van der Waals surface area contributed by atoms with Crippen molar-refractivity contribution >= 4 is 29.8 Å². The summed E-state index contributed by atoms with van der Waals surface area (Å²) < 4.78 is 0. The largest absolute Gasteiger partial charge is 0.478 e. The van der Waals surface area contributed by atoms with Gasteiger partial charge in [0.25, 0.3) is 0 Å². The molecule has 1 N–H and O–H groups in total. The van der Waals surface area contributed by atoms with E-state index in [0.29, 0.717) is 11.4 Å². The Bertz CT molecular complexity index is 854. The number of hydrogen-bond donors (Lipinski definition) is 1. The zero-order valence-corrected chi connectivity index (χ0v) is 17.3. The maximum absolute atomic E-state index is 11.7. The summed E-state index contributed by atoms with van der Waals surface area (Å²) >= 11 is 0. The number of allylic oxidation sites excluding steroid dienone is 4. The second-order valence-corrected chi connectivity index (χ2v) is 7.25. The summed E-state index contributed by atoms with van der Waals surface area (Å²) in [4.78, 5) is 25.2. The summed E-state index contributed by atoms with van der Waals surface area (Å²) in [5.41, 5.74) is 3.77. The van der Waals surface area contributed by atoms with Gasteiger partial charge < -0.3 is 14.9 Å². The van der Waals surface area contributed by atoms with Crippen molar-refractivity contribution in [2.75, 3.05) is 26.2 Å². The second kappa shape index (κ2) is 10.0. The fourth-order valence-electron chi connectivity index (χ4n) is 3.91. The van der Waals surface area contributed by atoms with Gasteiger partial charge in [0, 0.05) is 50.0 Å². The molecule has 0 radical (unpaired) electrons. The molecule has 154 valence electrons. The van der Waals surface area contributed by atoms with Crippen LogP contribution in [0.25, 0.3) is 0 Å². The van der Waals surface area contributed by atoms with Gasteiger partial charge in [-0.1, -0.05) is 0 Å². The molecule has 6 heteroatoms. The van der Waals surface area contributed by atoms with Gasteiger partial charge in [-0.3, -0.25) is 9.98 Å². The number of rotatable bonds is 7. The van der Waals surface area contributed by atoms with Crippen molar-refractivity contribution in [1.29, 1.82) is 0 Å². The Kier molecular flexibility index (Phi) is 7.22. The van der Waals surface area contributed by atoms with E-state index in [9.17, 15) is 9.90 Å². The molecule has 0 saturated carbocycles. The molecule has 3 rings (SSSR count). The molecule has 1 aromatic rings. The fourth-order valence-corrected chi connectivity index (χ4v) is 3.91. The van der Waals surface area contributed by atoms with Crippen LogP contribution in [-0.4, -0.2) is 59.5 Å². The molecule has 2 saturated heterocycles. The van der Waals surface area contributed by atoms with Gasteiger partial charge in [0.2, 0.25) is 0 Å². The van der Waals surface area contributed by atoms with E-state index in [1.807, 2.05) is 12.2 Å². The molecule has 29 heavy (non-hydrogen) atoms. The highest BCUT2D eigenvalue weighted by molar-refractivity contribution is 5.96. The van der Waals surface area contributed by atoms with Crippen molar-refractivity contribution in [3.63, 3.8) is 0 Å². The molecule has 0 spiro atoms. The number of carboxylic acid groups (broad SMARTS) is 1. The standard InChI is InChI=1S/C23H30N4O2/c1-3-26-15-5-7-19(26)11-13-24-18-9-10-22(21(17-18)23(28)29)25-14-12-20-8-6-16-27(20)4-2/h9-14,17H,3-8,15-16H2,1-2H3,(H,28,29). The van der Waals surface area contributed by atoms with E-state index in [-0.39, 0.29) is 5.56 Å². The Morgan fingerprint density at radius 3 is 2.14 bits per heavy atom. The van der Waals surface area contributed by atoms with Gasteiger partial charge >= 0.3 is 5.97 Å². The summed E-state index contributed by atoms with van der Waals surface area (Å²) in [6.45, 7) is 8.45. The third-order valence-electron chi connectivity index (χ3n) is 5.48. The molecule has 2 fully saturated rings. The maximum atomic E-state index is 11.7. The van der Waals surface area contributed by atoms with E-state index in [2.05, 4.69) is 33.6 Å². The molecule has 0 amide bonds. The number of likely N-dealkylation sites (tertiary alicyclic amines) is 2. The van der Waals surface area contributed by atoms with Gasteiger partial charge in [0.05, 0.1) is 16.9 Å². The van der Waals surface area contributed by atoms with Crippen LogP contribution in [0.5, 0.6) is 0 Å². The van der Waals surface area contributed by atoms with Crippen molar-refractivity contribution < 1.29 is 9.90 Å². The monoisotopic (exact) mass is 394 g/mol. The van der Waals surface area contributed by atoms with Crippen LogP contribution in [0.3, 0.4) is 0 Å². The van der Waals surface area contributed by atoms with Crippen LogP contribution >= 0.6 is 0 Å². The molecule has 2 aliphatic heterocycles. The summed E-state index contributed by atoms with van der Waals surface area (Å²) in [6.07, 6.45) is 11.9. The lowest BCUT2D eigenvalue weighted by atomic mass is 10.1. The highest BCUT2D eigenvalue weighted by Gasteiger charge is 2.15. The average molecular weight is 395 g/mol. The smallest absolute Gasteiger partial charge is 0.337 e. The highest BCUT2D eigenvalue weighted by atomic mass is 16.4. The van der Waals surface area contributed by atoms with Crippen molar-refractivity contribution in [1.82, 2.24) is 9.80 Å². The molecule has 0 unspecified atom stereocenters. The van der Waals surface area contributed by atoms with Crippen molar-refractivity contribution in [3.8, 4) is 0 Å². The van der Waals surface area contributed by atoms with E-state index in [1.165, 1.54) is 17.8 Å². The second-order valence-electron chi connectivity index (χ2n) is 7.25. The quantitative estimate of drug-likeness (QED) is 0.675. The molecule has 1 aromatic carbocycles. The number of nitrogens with zero attached hydrogens (tertiary/aromatic N) is 4. The summed E-state index contributed by atoms with van der Waals surface area (Å²) in [5.74, 6) is -0.996. The Balaban J connectivity index is 1.74. The first kappa shape index (κ1) is 20.8. The van der Waals surface area contributed by atoms with Crippen LogP contribution in [0.2, 0.25) is 0 Å². The minimum atomic E-state index is -0.996. The van der Waals surface area contributed by atoms with E-state index in [1.54, 1.807) is 30.6 Å². The Labute approximate surface area is 173 Å². The van der Waals surface area contributed by atoms with E-state index >= 15 is 0 Å². The lowest BCUT2D eigenvalue weighted by Crippen LogP contribution is -2.16. The zero-order chi connectivity index (χ0) is 20.6. The Morgan fingerprint density at radius 1 is 1.00 bits per heavy atom. The molecule has 2 heterocycles. The molecule has 0 aromatic heterocycles. The number of carboxylic acids is 1. The van der Waals surface area contributed by atoms with Gasteiger partial charge in [-0.2, -0.15) is 0 Å². The maximum Gasteiger partial charge on any atom is 0.337 e. The highest BCUT2D eigenvalue weighted by Crippen LogP contribution is 2.26. The number of aromatic carboxylic acids is 1. The van der Waals surface area contributed by atoms with E-state index in [4.69, 9.17) is 0 Å². The molecular weight excluding hydrogens is 364 g/mol. The van der Waals surface area contributed by atoms with Gasteiger partial charge in [0.15, 0.2) is 0 Å². The van der Waals surface area contributed by atoms with Crippen LogP contribution in [0.1, 0.15) is 49.9 Å². The topological polar surface area (TPSA) is 68.5 Å². The Hall–Kier alpha value is -2.89. The predicted octanol–water partition coefficient (Wildman–Crippen LogP) is 4.79. The number of benzene rings is 1. The van der Waals surface area contributed by atoms with Crippen LogP contribution in [0, 0.1) is 0 Å². The van der Waals surface area contributed by atoms with Crippen LogP contribution < -0.4 is 0 Å². The normalized spacial score (nSPS) is 20.2. The third-order valence-corrected chi connectivity index (χ3v) is 5.48. The molecule has 0 aliphatic carbocycles. The average Bonchev–Trinajstić information content (AvgIpc) is 3.37. The number of hydrogen-bond acceptors (Lipinski definition) is 5. The molecule has 6 nitrogen and oxygen atoms in total. The van der Waals surface area contributed by atoms with Crippen molar-refractivity contribution in [3.05, 3.63) is 47.3 Å². The minimum absolute atomic E-state index is 0.164. The molecular formula is C23H30N4O2. The summed E-state index contributed by atoms with van der Waals surface area (Å²) in [7, 11) is 0. The lowest BCUT2D eigenvalue weighted by Gasteiger charge is -2.16. The van der Waals surface area contributed by atoms with Gasteiger partial charge in [-0.25, -0.2) is 4.79 Å². The van der Waals surface area contributed by atoms with Gasteiger partial charge in [0.1, 0.15) is 0 Å². The van der Waals surface area contributed by atoms with E-state index in [0.717, 1.165) is 45.4 Å². The van der Waals surface area contributed by atoms with Crippen LogP contribution in [0.4, 0.5) is 11.4 Å². The summed E-state index contributed by atoms with van der Waals surface area (Å²) in [5, 5.41) is 9.58. The first-order valence-corrected chi connectivity index (χ1v) is 10.5. The number of aliphatic imine (C=N–C) groups is 2. The minimum Gasteiger partial charge on any atom is -0.478 e. The molecule has 0 bridgehead atoms. The third kappa shape index (κ3) is 5.34. The van der Waals surface area contributed by atoms with Crippen molar-refractivity contribution in [2.45, 2.75) is 39.5 Å². The lowest BCUT2D eigenvalue weighted by molar-refractivity contribution is 0.0698. The van der Waals surface area contributed by atoms with E-state index < -0.39 is 5.97 Å². The predicted molar refractivity (Wildman–Crippen MR) is 119 cm³/mol. The van der Waals surface area contributed by atoms with Gasteiger partial charge in [-0.15, -0.1) is 0 Å². The molecule has 0 atom stereocenters. The van der Waals surface area contributed by atoms with Gasteiger partial charge in [-0.05, 0) is 69.9 Å². The SMILES string of the molecule is CCN1CCCC1=CC=Nc1ccc(N=CC=C2CCCN2CC)c(C(=O)O)c1. The Morgan fingerprint density at radius 2 is 1.59 bits per heavy atom. The molecule has 2 aliphatic rings. The van der Waals surface area contributed by atoms with Crippen molar-refractivity contribution in [2.24, 2.45) is 9.98 Å². The zero-order valence-electron chi connectivity index (χ0n) is 17.3. The van der Waals surface area contributed by atoms with Crippen LogP contribution in [-0.2, 0) is 0 Å². The van der Waals surface area contributed by atoms with Crippen LogP contribution in [0.15, 0.2) is 51.7 Å². The first-order valence-electron chi connectivity index (χ1n) is 10.5. The summed E-state index contributed by atoms with van der Waals surface area (Å²) in [6, 6.07) is 5.11. The number of carbonyl (C=O) groups is 1.